The Bertz CT molecular complexity index is 523. The molecule has 0 amide bonds. The fourth-order valence-corrected chi connectivity index (χ4v) is 2.47. The van der Waals surface area contributed by atoms with E-state index in [-0.39, 0.29) is 0 Å². The zero-order chi connectivity index (χ0) is 11.4. The van der Waals surface area contributed by atoms with E-state index >= 15 is 0 Å². The molecule has 0 unspecified atom stereocenters. The van der Waals surface area contributed by atoms with Crippen LogP contribution in [0.25, 0.3) is 11.1 Å². The number of hydrogen-bond acceptors (Lipinski definition) is 2. The third-order valence-electron chi connectivity index (χ3n) is 2.34. The number of benzene rings is 1. The van der Waals surface area contributed by atoms with Crippen LogP contribution in [0.4, 0.5) is 0 Å². The van der Waals surface area contributed by atoms with Crippen molar-refractivity contribution in [2.24, 2.45) is 0 Å². The van der Waals surface area contributed by atoms with Gasteiger partial charge < -0.3 is 4.98 Å². The molecule has 2 aromatic rings. The van der Waals surface area contributed by atoms with Crippen molar-refractivity contribution in [3.8, 4) is 17.2 Å². The summed E-state index contributed by atoms with van der Waals surface area (Å²) in [5, 5.41) is 9.01. The van der Waals surface area contributed by atoms with Gasteiger partial charge >= 0.3 is 0 Å². The Morgan fingerprint density at radius 2 is 2.06 bits per heavy atom. The lowest BCUT2D eigenvalue weighted by Gasteiger charge is -2.06. The summed E-state index contributed by atoms with van der Waals surface area (Å²) in [4.78, 5) is 4.21. The molecule has 2 nitrogen and oxygen atoms in total. The molecule has 1 aromatic heterocycles. The second-order valence-corrected chi connectivity index (χ2v) is 4.63. The van der Waals surface area contributed by atoms with E-state index < -0.39 is 0 Å². The molecule has 0 fully saturated rings. The zero-order valence-electron chi connectivity index (χ0n) is 9.03. The van der Waals surface area contributed by atoms with Crippen molar-refractivity contribution in [3.63, 3.8) is 0 Å². The van der Waals surface area contributed by atoms with Crippen molar-refractivity contribution in [2.45, 2.75) is 11.8 Å². The van der Waals surface area contributed by atoms with Gasteiger partial charge in [-0.1, -0.05) is 25.1 Å². The van der Waals surface area contributed by atoms with Gasteiger partial charge in [0.05, 0.1) is 5.56 Å². The van der Waals surface area contributed by atoms with E-state index in [9.17, 15) is 0 Å². The van der Waals surface area contributed by atoms with Gasteiger partial charge in [-0.05, 0) is 17.4 Å². The second-order valence-electron chi connectivity index (χ2n) is 3.32. The molecule has 0 atom stereocenters. The second kappa shape index (κ2) is 4.91. The smallest absolute Gasteiger partial charge is 0.101 e. The summed E-state index contributed by atoms with van der Waals surface area (Å²) >= 11 is 1.80. The van der Waals surface area contributed by atoms with Crippen molar-refractivity contribution in [1.29, 1.82) is 5.26 Å². The Kier molecular flexibility index (Phi) is 3.33. The monoisotopic (exact) mass is 228 g/mol. The summed E-state index contributed by atoms with van der Waals surface area (Å²) in [6, 6.07) is 10.4. The van der Waals surface area contributed by atoms with E-state index in [2.05, 4.69) is 30.1 Å². The molecule has 1 aromatic carbocycles. The number of hydrogen-bond donors (Lipinski definition) is 1. The molecule has 80 valence electrons. The largest absolute Gasteiger partial charge is 0.366 e. The van der Waals surface area contributed by atoms with Crippen LogP contribution in [0.3, 0.4) is 0 Å². The van der Waals surface area contributed by atoms with Gasteiger partial charge in [-0.2, -0.15) is 5.26 Å². The maximum atomic E-state index is 9.01. The van der Waals surface area contributed by atoms with Crippen molar-refractivity contribution in [3.05, 3.63) is 42.2 Å². The summed E-state index contributed by atoms with van der Waals surface area (Å²) in [7, 11) is 0. The topological polar surface area (TPSA) is 39.6 Å². The molecule has 0 radical (unpaired) electrons. The summed E-state index contributed by atoms with van der Waals surface area (Å²) < 4.78 is 0. The van der Waals surface area contributed by atoms with Crippen LogP contribution in [-0.4, -0.2) is 10.7 Å². The summed E-state index contributed by atoms with van der Waals surface area (Å²) in [5.74, 6) is 1.03. The number of aromatic amines is 1. The van der Waals surface area contributed by atoms with E-state index in [0.29, 0.717) is 5.56 Å². The maximum Gasteiger partial charge on any atom is 0.101 e. The SMILES string of the molecule is CCSc1ccccc1-c1c[nH]cc1C#N. The van der Waals surface area contributed by atoms with Crippen LogP contribution in [0.15, 0.2) is 41.6 Å². The number of rotatable bonds is 3. The summed E-state index contributed by atoms with van der Waals surface area (Å²) in [6.45, 7) is 2.13. The first-order valence-corrected chi connectivity index (χ1v) is 6.14. The highest BCUT2D eigenvalue weighted by atomic mass is 32.2. The van der Waals surface area contributed by atoms with Gasteiger partial charge in [0, 0.05) is 22.9 Å². The highest BCUT2D eigenvalue weighted by Gasteiger charge is 2.09. The van der Waals surface area contributed by atoms with Crippen molar-refractivity contribution < 1.29 is 0 Å². The highest BCUT2D eigenvalue weighted by Crippen LogP contribution is 2.32. The average molecular weight is 228 g/mol. The average Bonchev–Trinajstić information content (AvgIpc) is 2.78. The van der Waals surface area contributed by atoms with Gasteiger partial charge in [0.1, 0.15) is 6.07 Å². The third kappa shape index (κ3) is 1.98. The first-order chi connectivity index (χ1) is 7.86. The van der Waals surface area contributed by atoms with Crippen LogP contribution in [0.5, 0.6) is 0 Å². The van der Waals surface area contributed by atoms with Crippen LogP contribution < -0.4 is 0 Å². The zero-order valence-corrected chi connectivity index (χ0v) is 9.84. The minimum atomic E-state index is 0.698. The van der Waals surface area contributed by atoms with Crippen molar-refractivity contribution in [1.82, 2.24) is 4.98 Å². The van der Waals surface area contributed by atoms with E-state index in [0.717, 1.165) is 16.9 Å². The lowest BCUT2D eigenvalue weighted by atomic mass is 10.1. The molecule has 16 heavy (non-hydrogen) atoms. The molecular weight excluding hydrogens is 216 g/mol. The Morgan fingerprint density at radius 1 is 1.25 bits per heavy atom. The maximum absolute atomic E-state index is 9.01. The van der Waals surface area contributed by atoms with Gasteiger partial charge in [0.2, 0.25) is 0 Å². The molecule has 0 bridgehead atoms. The van der Waals surface area contributed by atoms with Crippen LogP contribution in [0, 0.1) is 11.3 Å². The fraction of sp³-hybridized carbons (Fsp3) is 0.154. The number of nitrogens with zero attached hydrogens (tertiary/aromatic N) is 1. The third-order valence-corrected chi connectivity index (χ3v) is 3.30. The molecule has 1 heterocycles. The molecule has 0 saturated carbocycles. The van der Waals surface area contributed by atoms with Crippen LogP contribution in [-0.2, 0) is 0 Å². The molecule has 1 N–H and O–H groups in total. The van der Waals surface area contributed by atoms with Crippen LogP contribution in [0.2, 0.25) is 0 Å². The van der Waals surface area contributed by atoms with Gasteiger partial charge in [0.25, 0.3) is 0 Å². The van der Waals surface area contributed by atoms with Gasteiger partial charge in [-0.3, -0.25) is 0 Å². The predicted octanol–water partition coefficient (Wildman–Crippen LogP) is 3.67. The van der Waals surface area contributed by atoms with Crippen molar-refractivity contribution in [2.75, 3.05) is 5.75 Å². The summed E-state index contributed by atoms with van der Waals surface area (Å²) in [5.41, 5.74) is 2.82. The number of nitriles is 1. The molecule has 3 heteroatoms. The minimum Gasteiger partial charge on any atom is -0.366 e. The number of aromatic nitrogens is 1. The van der Waals surface area contributed by atoms with E-state index in [1.54, 1.807) is 18.0 Å². The Labute approximate surface area is 99.3 Å². The first kappa shape index (κ1) is 10.8. The predicted molar refractivity (Wildman–Crippen MR) is 67.3 cm³/mol. The summed E-state index contributed by atoms with van der Waals surface area (Å²) in [6.07, 6.45) is 3.62. The Hall–Kier alpha value is -1.66. The van der Waals surface area contributed by atoms with Gasteiger partial charge in [0.15, 0.2) is 0 Å². The minimum absolute atomic E-state index is 0.698. The Balaban J connectivity index is 2.52. The molecule has 0 aliphatic rings. The lowest BCUT2D eigenvalue weighted by Crippen LogP contribution is -1.83. The number of nitrogens with one attached hydrogen (secondary N) is 1. The number of thioether (sulfide) groups is 1. The standard InChI is InChI=1S/C13H12N2S/c1-2-16-13-6-4-3-5-11(13)12-9-15-8-10(12)7-14/h3-6,8-9,15H,2H2,1H3. The van der Waals surface area contributed by atoms with Gasteiger partial charge in [-0.25, -0.2) is 0 Å². The first-order valence-electron chi connectivity index (χ1n) is 5.16. The highest BCUT2D eigenvalue weighted by molar-refractivity contribution is 7.99. The molecule has 0 spiro atoms. The lowest BCUT2D eigenvalue weighted by molar-refractivity contribution is 1.39. The van der Waals surface area contributed by atoms with Crippen LogP contribution in [0.1, 0.15) is 12.5 Å². The fourth-order valence-electron chi connectivity index (χ4n) is 1.65. The number of H-pyrrole nitrogens is 1. The van der Waals surface area contributed by atoms with Gasteiger partial charge in [-0.15, -0.1) is 11.8 Å². The normalized spacial score (nSPS) is 10.0. The van der Waals surface area contributed by atoms with E-state index in [1.807, 2.05) is 18.3 Å². The Morgan fingerprint density at radius 3 is 2.81 bits per heavy atom. The molecule has 0 aliphatic heterocycles. The van der Waals surface area contributed by atoms with Crippen LogP contribution >= 0.6 is 11.8 Å². The molecule has 2 rings (SSSR count). The molecule has 0 saturated heterocycles. The molecule has 0 aliphatic carbocycles. The molecular formula is C13H12N2S. The van der Waals surface area contributed by atoms with Crippen molar-refractivity contribution >= 4 is 11.8 Å². The van der Waals surface area contributed by atoms with E-state index in [1.165, 1.54) is 4.90 Å². The quantitative estimate of drug-likeness (QED) is 0.814. The van der Waals surface area contributed by atoms with E-state index in [4.69, 9.17) is 5.26 Å².